The van der Waals surface area contributed by atoms with Crippen molar-refractivity contribution in [3.8, 4) is 5.75 Å². The highest BCUT2D eigenvalue weighted by molar-refractivity contribution is 5.97. The van der Waals surface area contributed by atoms with Gasteiger partial charge in [0.15, 0.2) is 0 Å². The fraction of sp³-hybridized carbons (Fsp3) is 0.556. The van der Waals surface area contributed by atoms with E-state index in [0.717, 1.165) is 56.7 Å². The summed E-state index contributed by atoms with van der Waals surface area (Å²) in [5, 5.41) is 2.55. The van der Waals surface area contributed by atoms with Gasteiger partial charge in [-0.05, 0) is 61.6 Å². The molecule has 2 amide bonds. The summed E-state index contributed by atoms with van der Waals surface area (Å²) in [5.74, 6) is -0.350. The van der Waals surface area contributed by atoms with Crippen molar-refractivity contribution in [1.29, 1.82) is 0 Å². The van der Waals surface area contributed by atoms with E-state index in [1.165, 1.54) is 12.1 Å². The Balaban J connectivity index is 1.41. The van der Waals surface area contributed by atoms with Crippen LogP contribution in [0.2, 0.25) is 0 Å². The lowest BCUT2D eigenvalue weighted by atomic mass is 9.92. The number of aromatic nitrogens is 2. The number of hydrogen-bond acceptors (Lipinski definition) is 6. The van der Waals surface area contributed by atoms with Crippen molar-refractivity contribution >= 4 is 17.8 Å². The van der Waals surface area contributed by atoms with Crippen molar-refractivity contribution in [2.45, 2.75) is 65.3 Å². The molecule has 0 aliphatic carbocycles. The lowest BCUT2D eigenvalue weighted by molar-refractivity contribution is -0.120. The van der Waals surface area contributed by atoms with Crippen molar-refractivity contribution in [3.63, 3.8) is 0 Å². The Morgan fingerprint density at radius 3 is 2.50 bits per heavy atom. The van der Waals surface area contributed by atoms with Gasteiger partial charge in [0, 0.05) is 31.5 Å². The van der Waals surface area contributed by atoms with E-state index in [9.17, 15) is 14.0 Å². The summed E-state index contributed by atoms with van der Waals surface area (Å²) in [7, 11) is 0. The molecule has 1 aromatic heterocycles. The maximum atomic E-state index is 14.6. The zero-order chi connectivity index (χ0) is 26.1. The predicted octanol–water partition coefficient (Wildman–Crippen LogP) is 3.88. The van der Waals surface area contributed by atoms with E-state index in [1.54, 1.807) is 6.07 Å². The van der Waals surface area contributed by atoms with Crippen molar-refractivity contribution in [3.05, 3.63) is 47.5 Å². The van der Waals surface area contributed by atoms with Gasteiger partial charge in [0.05, 0.1) is 12.2 Å². The topological polar surface area (TPSA) is 110 Å². The Kier molecular flexibility index (Phi) is 10.0. The molecule has 196 valence electrons. The molecule has 3 N–H and O–H groups in total. The number of hydrogen-bond donors (Lipinski definition) is 2. The maximum Gasteiger partial charge on any atom is 0.254 e. The quantitative estimate of drug-likeness (QED) is 0.429. The minimum atomic E-state index is -0.848. The highest BCUT2D eigenvalue weighted by Gasteiger charge is 2.25. The van der Waals surface area contributed by atoms with Gasteiger partial charge in [-0.25, -0.2) is 14.4 Å². The van der Waals surface area contributed by atoms with Crippen molar-refractivity contribution < 1.29 is 18.7 Å². The Hall–Kier alpha value is -3.23. The first-order chi connectivity index (χ1) is 17.3. The third-order valence-corrected chi connectivity index (χ3v) is 7.01. The number of nitrogens with two attached hydrogens (primary N) is 1. The second-order valence-corrected chi connectivity index (χ2v) is 9.55. The smallest absolute Gasteiger partial charge is 0.254 e. The number of carbonyl (C=O) groups excluding carboxylic acids is 2. The Bertz CT molecular complexity index is 1010. The number of nitrogens with zero attached hydrogens (tertiary/aromatic N) is 3. The minimum absolute atomic E-state index is 0.142. The maximum absolute atomic E-state index is 14.6. The summed E-state index contributed by atoms with van der Waals surface area (Å²) in [4.78, 5) is 35.3. The SMILES string of the molecule is CCc1cnc(N2CCC(CCCOc3ccc(C(=O)N[C@@H](C(N)=O)[C@H](C)CC)c(F)c3)CC2)nc1. The van der Waals surface area contributed by atoms with Gasteiger partial charge in [-0.3, -0.25) is 9.59 Å². The summed E-state index contributed by atoms with van der Waals surface area (Å²) >= 11 is 0. The Morgan fingerprint density at radius 2 is 1.92 bits per heavy atom. The number of benzene rings is 1. The normalized spacial score (nSPS) is 15.8. The van der Waals surface area contributed by atoms with Gasteiger partial charge < -0.3 is 20.7 Å². The van der Waals surface area contributed by atoms with Crippen LogP contribution in [0.25, 0.3) is 0 Å². The van der Waals surface area contributed by atoms with E-state index < -0.39 is 23.7 Å². The molecule has 36 heavy (non-hydrogen) atoms. The molecule has 1 aliphatic heterocycles. The first-order valence-corrected chi connectivity index (χ1v) is 12.9. The van der Waals surface area contributed by atoms with Gasteiger partial charge >= 0.3 is 0 Å². The van der Waals surface area contributed by atoms with Gasteiger partial charge in [-0.2, -0.15) is 0 Å². The summed E-state index contributed by atoms with van der Waals surface area (Å²) < 4.78 is 20.3. The van der Waals surface area contributed by atoms with Crippen LogP contribution in [0.15, 0.2) is 30.6 Å². The molecule has 3 rings (SSSR count). The first kappa shape index (κ1) is 27.4. The second-order valence-electron chi connectivity index (χ2n) is 9.55. The second kappa shape index (κ2) is 13.2. The zero-order valence-electron chi connectivity index (χ0n) is 21.5. The van der Waals surface area contributed by atoms with Crippen LogP contribution in [0.4, 0.5) is 10.3 Å². The fourth-order valence-electron chi connectivity index (χ4n) is 4.40. The molecule has 2 heterocycles. The molecule has 0 unspecified atom stereocenters. The van der Waals surface area contributed by atoms with E-state index in [4.69, 9.17) is 10.5 Å². The molecule has 1 aromatic carbocycles. The van der Waals surface area contributed by atoms with Gasteiger partial charge in [0.2, 0.25) is 11.9 Å². The van der Waals surface area contributed by atoms with Crippen LogP contribution in [0.3, 0.4) is 0 Å². The highest BCUT2D eigenvalue weighted by atomic mass is 19.1. The van der Waals surface area contributed by atoms with Crippen LogP contribution in [0.5, 0.6) is 5.75 Å². The van der Waals surface area contributed by atoms with Crippen LogP contribution in [-0.4, -0.2) is 47.5 Å². The number of halogens is 1. The minimum Gasteiger partial charge on any atom is -0.493 e. The number of carbonyl (C=O) groups is 2. The number of aryl methyl sites for hydroxylation is 1. The summed E-state index contributed by atoms with van der Waals surface area (Å²) in [5.41, 5.74) is 6.39. The number of amides is 2. The molecule has 2 aromatic rings. The zero-order valence-corrected chi connectivity index (χ0v) is 21.5. The lowest BCUT2D eigenvalue weighted by Crippen LogP contribution is -2.48. The van der Waals surface area contributed by atoms with Crippen molar-refractivity contribution in [1.82, 2.24) is 15.3 Å². The van der Waals surface area contributed by atoms with Crippen LogP contribution in [0, 0.1) is 17.7 Å². The first-order valence-electron chi connectivity index (χ1n) is 12.9. The summed E-state index contributed by atoms with van der Waals surface area (Å²) in [6, 6.07) is 3.31. The summed E-state index contributed by atoms with van der Waals surface area (Å²) in [6.45, 7) is 8.16. The van der Waals surface area contributed by atoms with E-state index in [0.29, 0.717) is 24.7 Å². The van der Waals surface area contributed by atoms with E-state index in [1.807, 2.05) is 26.2 Å². The van der Waals surface area contributed by atoms with E-state index in [2.05, 4.69) is 27.1 Å². The third kappa shape index (κ3) is 7.38. The molecule has 0 radical (unpaired) electrons. The molecule has 1 fully saturated rings. The number of rotatable bonds is 12. The molecule has 1 saturated heterocycles. The number of nitrogens with one attached hydrogen (secondary N) is 1. The monoisotopic (exact) mass is 499 g/mol. The Labute approximate surface area is 212 Å². The Morgan fingerprint density at radius 1 is 1.22 bits per heavy atom. The van der Waals surface area contributed by atoms with Crippen LogP contribution in [0.1, 0.15) is 68.8 Å². The van der Waals surface area contributed by atoms with Gasteiger partial charge in [0.25, 0.3) is 5.91 Å². The lowest BCUT2D eigenvalue weighted by Gasteiger charge is -2.32. The molecule has 2 atom stereocenters. The average Bonchev–Trinajstić information content (AvgIpc) is 2.89. The number of ether oxygens (including phenoxy) is 1. The van der Waals surface area contributed by atoms with Crippen LogP contribution < -0.4 is 20.7 Å². The largest absolute Gasteiger partial charge is 0.493 e. The van der Waals surface area contributed by atoms with Crippen molar-refractivity contribution in [2.75, 3.05) is 24.6 Å². The standard InChI is InChI=1S/C27H38FN5O3/c1-4-18(3)24(25(29)34)32-26(35)22-9-8-21(15-23(22)28)36-14-6-7-20-10-12-33(13-11-20)27-30-16-19(5-2)17-31-27/h8-9,15-18,20,24H,4-7,10-14H2,1-3H3,(H2,29,34)(H,32,35)/t18-,24-/m1/s1. The van der Waals surface area contributed by atoms with Crippen LogP contribution >= 0.6 is 0 Å². The van der Waals surface area contributed by atoms with Crippen molar-refractivity contribution in [2.24, 2.45) is 17.6 Å². The predicted molar refractivity (Wildman–Crippen MR) is 137 cm³/mol. The number of piperidine rings is 1. The van der Waals surface area contributed by atoms with E-state index >= 15 is 0 Å². The summed E-state index contributed by atoms with van der Waals surface area (Å²) in [6.07, 6.45) is 9.47. The molecular formula is C27H38FN5O3. The third-order valence-electron chi connectivity index (χ3n) is 7.01. The highest BCUT2D eigenvalue weighted by Crippen LogP contribution is 2.25. The molecule has 0 spiro atoms. The van der Waals surface area contributed by atoms with E-state index in [-0.39, 0.29) is 11.5 Å². The van der Waals surface area contributed by atoms with Crippen LogP contribution in [-0.2, 0) is 11.2 Å². The van der Waals surface area contributed by atoms with Gasteiger partial charge in [0.1, 0.15) is 17.6 Å². The fourth-order valence-corrected chi connectivity index (χ4v) is 4.40. The molecule has 8 nitrogen and oxygen atoms in total. The molecule has 1 aliphatic rings. The molecule has 0 bridgehead atoms. The number of anilines is 1. The van der Waals surface area contributed by atoms with Gasteiger partial charge in [-0.1, -0.05) is 27.2 Å². The molecule has 0 saturated carbocycles. The average molecular weight is 500 g/mol. The molecule has 9 heteroatoms. The van der Waals surface area contributed by atoms with Gasteiger partial charge in [-0.15, -0.1) is 0 Å². The number of primary amides is 1. The molecular weight excluding hydrogens is 461 g/mol.